The first-order chi connectivity index (χ1) is 14.3. The fourth-order valence-electron chi connectivity index (χ4n) is 3.35. The molecular weight excluding hydrogens is 383 g/mol. The van der Waals surface area contributed by atoms with Crippen LogP contribution in [-0.2, 0) is 7.05 Å². The minimum Gasteiger partial charge on any atom is -0.311 e. The average Bonchev–Trinajstić information content (AvgIpc) is 2.73. The van der Waals surface area contributed by atoms with Gasteiger partial charge in [0, 0.05) is 35.5 Å². The molecule has 3 heterocycles. The molecule has 0 spiro atoms. The molecule has 30 heavy (non-hydrogen) atoms. The molecule has 1 aromatic carbocycles. The second kappa shape index (κ2) is 7.51. The summed E-state index contributed by atoms with van der Waals surface area (Å²) < 4.78 is 14.6. The molecule has 0 fully saturated rings. The maximum Gasteiger partial charge on any atom is 0.258 e. The van der Waals surface area contributed by atoms with Crippen molar-refractivity contribution in [1.29, 1.82) is 0 Å². The van der Waals surface area contributed by atoms with E-state index in [-0.39, 0.29) is 11.4 Å². The van der Waals surface area contributed by atoms with E-state index in [0.29, 0.717) is 16.7 Å². The van der Waals surface area contributed by atoms with Crippen molar-refractivity contribution in [3.05, 3.63) is 87.9 Å². The normalized spacial score (nSPS) is 10.9. The van der Waals surface area contributed by atoms with E-state index in [0.717, 1.165) is 28.4 Å². The molecule has 150 valence electrons. The molecule has 0 aliphatic rings. The van der Waals surface area contributed by atoms with E-state index in [1.54, 1.807) is 42.1 Å². The lowest BCUT2D eigenvalue weighted by atomic mass is 9.97. The van der Waals surface area contributed by atoms with E-state index in [4.69, 9.17) is 0 Å². The number of benzene rings is 1. The van der Waals surface area contributed by atoms with Crippen LogP contribution in [0.2, 0.25) is 0 Å². The van der Waals surface area contributed by atoms with E-state index in [9.17, 15) is 14.0 Å². The Hall–Kier alpha value is -3.87. The van der Waals surface area contributed by atoms with E-state index in [1.807, 2.05) is 19.9 Å². The quantitative estimate of drug-likeness (QED) is 0.562. The van der Waals surface area contributed by atoms with Gasteiger partial charge in [0.2, 0.25) is 0 Å². The minimum atomic E-state index is -0.484. The standard InChI is InChI=1S/C23H19FN4O2/c1-13-4-5-15(22(29)27-21-7-6-17(24)12-26-21)9-18(13)19-10-16-11-25-14(2)8-20(16)28(3)23(19)30/h4-12H,1-3H3,(H,26,27,29). The van der Waals surface area contributed by atoms with Crippen molar-refractivity contribution in [3.8, 4) is 11.1 Å². The van der Waals surface area contributed by atoms with Gasteiger partial charge in [-0.25, -0.2) is 9.37 Å². The van der Waals surface area contributed by atoms with E-state index in [2.05, 4.69) is 15.3 Å². The number of nitrogens with zero attached hydrogens (tertiary/aromatic N) is 3. The Balaban J connectivity index is 1.78. The van der Waals surface area contributed by atoms with Gasteiger partial charge >= 0.3 is 0 Å². The Morgan fingerprint density at radius 1 is 1.00 bits per heavy atom. The molecule has 0 aliphatic carbocycles. The molecule has 0 atom stereocenters. The number of carbonyl (C=O) groups is 1. The van der Waals surface area contributed by atoms with Gasteiger partial charge in [-0.1, -0.05) is 6.07 Å². The highest BCUT2D eigenvalue weighted by Gasteiger charge is 2.15. The fourth-order valence-corrected chi connectivity index (χ4v) is 3.35. The van der Waals surface area contributed by atoms with Crippen LogP contribution in [0, 0.1) is 19.7 Å². The number of aryl methyl sites for hydroxylation is 3. The molecule has 0 unspecified atom stereocenters. The number of aromatic nitrogens is 3. The molecule has 0 aliphatic heterocycles. The van der Waals surface area contributed by atoms with Crippen LogP contribution in [0.3, 0.4) is 0 Å². The first-order valence-electron chi connectivity index (χ1n) is 9.34. The van der Waals surface area contributed by atoms with E-state index < -0.39 is 11.7 Å². The second-order valence-corrected chi connectivity index (χ2v) is 7.15. The molecule has 0 bridgehead atoms. The van der Waals surface area contributed by atoms with Crippen LogP contribution < -0.4 is 10.9 Å². The van der Waals surface area contributed by atoms with Crippen LogP contribution in [-0.4, -0.2) is 20.4 Å². The largest absolute Gasteiger partial charge is 0.311 e. The van der Waals surface area contributed by atoms with Gasteiger partial charge in [0.15, 0.2) is 0 Å². The second-order valence-electron chi connectivity index (χ2n) is 7.15. The van der Waals surface area contributed by atoms with Gasteiger partial charge in [-0.3, -0.25) is 14.6 Å². The Morgan fingerprint density at radius 2 is 1.80 bits per heavy atom. The van der Waals surface area contributed by atoms with Crippen LogP contribution >= 0.6 is 0 Å². The highest BCUT2D eigenvalue weighted by Crippen LogP contribution is 2.25. The number of fused-ring (bicyclic) bond motifs is 1. The summed E-state index contributed by atoms with van der Waals surface area (Å²) in [5.41, 5.74) is 3.85. The Kier molecular flexibility index (Phi) is 4.87. The zero-order valence-electron chi connectivity index (χ0n) is 16.7. The smallest absolute Gasteiger partial charge is 0.258 e. The maximum atomic E-state index is 13.0. The molecule has 3 aromatic heterocycles. The minimum absolute atomic E-state index is 0.158. The zero-order valence-corrected chi connectivity index (χ0v) is 16.7. The maximum absolute atomic E-state index is 13.0. The molecule has 0 saturated heterocycles. The third-order valence-corrected chi connectivity index (χ3v) is 5.00. The molecule has 0 radical (unpaired) electrons. The predicted molar refractivity (Wildman–Crippen MR) is 114 cm³/mol. The summed E-state index contributed by atoms with van der Waals surface area (Å²) in [5.74, 6) is -0.640. The van der Waals surface area contributed by atoms with Gasteiger partial charge in [-0.05, 0) is 61.4 Å². The highest BCUT2D eigenvalue weighted by atomic mass is 19.1. The Labute approximate surface area is 172 Å². The van der Waals surface area contributed by atoms with Crippen molar-refractivity contribution < 1.29 is 9.18 Å². The van der Waals surface area contributed by atoms with Crippen molar-refractivity contribution >= 4 is 22.6 Å². The molecule has 7 heteroatoms. The first-order valence-corrected chi connectivity index (χ1v) is 9.34. The number of rotatable bonds is 3. The van der Waals surface area contributed by atoms with Crippen molar-refractivity contribution in [1.82, 2.24) is 14.5 Å². The van der Waals surface area contributed by atoms with Crippen LogP contribution in [0.25, 0.3) is 22.0 Å². The molecule has 6 nitrogen and oxygen atoms in total. The van der Waals surface area contributed by atoms with E-state index >= 15 is 0 Å². The van der Waals surface area contributed by atoms with Gasteiger partial charge in [0.1, 0.15) is 11.6 Å². The average molecular weight is 402 g/mol. The van der Waals surface area contributed by atoms with Crippen molar-refractivity contribution in [2.24, 2.45) is 7.05 Å². The molecule has 0 saturated carbocycles. The predicted octanol–water partition coefficient (Wildman–Crippen LogP) is 4.00. The number of amides is 1. The van der Waals surface area contributed by atoms with Crippen LogP contribution in [0.15, 0.2) is 59.7 Å². The lowest BCUT2D eigenvalue weighted by Crippen LogP contribution is -2.20. The topological polar surface area (TPSA) is 76.9 Å². The fraction of sp³-hybridized carbons (Fsp3) is 0.130. The van der Waals surface area contributed by atoms with Crippen molar-refractivity contribution in [2.45, 2.75) is 13.8 Å². The third kappa shape index (κ3) is 3.57. The number of anilines is 1. The Morgan fingerprint density at radius 3 is 2.53 bits per heavy atom. The molecule has 4 aromatic rings. The number of carbonyl (C=O) groups excluding carboxylic acids is 1. The SMILES string of the molecule is Cc1cc2c(cn1)cc(-c1cc(C(=O)Nc3ccc(F)cn3)ccc1C)c(=O)n2C. The van der Waals surface area contributed by atoms with Crippen LogP contribution in [0.1, 0.15) is 21.6 Å². The lowest BCUT2D eigenvalue weighted by molar-refractivity contribution is 0.102. The monoisotopic (exact) mass is 402 g/mol. The van der Waals surface area contributed by atoms with Crippen molar-refractivity contribution in [3.63, 3.8) is 0 Å². The third-order valence-electron chi connectivity index (χ3n) is 5.00. The summed E-state index contributed by atoms with van der Waals surface area (Å²) in [6.07, 6.45) is 2.77. The van der Waals surface area contributed by atoms with E-state index in [1.165, 1.54) is 12.1 Å². The molecule has 1 N–H and O–H groups in total. The summed E-state index contributed by atoms with van der Waals surface area (Å²) in [7, 11) is 1.72. The first kappa shape index (κ1) is 19.4. The Bertz CT molecular complexity index is 1340. The summed E-state index contributed by atoms with van der Waals surface area (Å²) >= 11 is 0. The van der Waals surface area contributed by atoms with Gasteiger partial charge in [-0.15, -0.1) is 0 Å². The number of halogens is 1. The van der Waals surface area contributed by atoms with Gasteiger partial charge in [0.25, 0.3) is 11.5 Å². The molecule has 1 amide bonds. The summed E-state index contributed by atoms with van der Waals surface area (Å²) in [6, 6.07) is 11.4. The summed E-state index contributed by atoms with van der Waals surface area (Å²) in [4.78, 5) is 33.9. The van der Waals surface area contributed by atoms with Crippen LogP contribution in [0.4, 0.5) is 10.2 Å². The highest BCUT2D eigenvalue weighted by molar-refractivity contribution is 6.04. The number of hydrogen-bond donors (Lipinski definition) is 1. The molecule has 4 rings (SSSR count). The van der Waals surface area contributed by atoms with Gasteiger partial charge in [-0.2, -0.15) is 0 Å². The van der Waals surface area contributed by atoms with Crippen LogP contribution in [0.5, 0.6) is 0 Å². The zero-order chi connectivity index (χ0) is 21.4. The summed E-state index contributed by atoms with van der Waals surface area (Å²) in [6.45, 7) is 3.76. The number of pyridine rings is 3. The van der Waals surface area contributed by atoms with Gasteiger partial charge < -0.3 is 9.88 Å². The van der Waals surface area contributed by atoms with Gasteiger partial charge in [0.05, 0.1) is 11.7 Å². The lowest BCUT2D eigenvalue weighted by Gasteiger charge is -2.12. The summed E-state index contributed by atoms with van der Waals surface area (Å²) in [5, 5.41) is 3.47. The molecular formula is C23H19FN4O2. The van der Waals surface area contributed by atoms with Crippen molar-refractivity contribution in [2.75, 3.05) is 5.32 Å². The number of nitrogens with one attached hydrogen (secondary N) is 1. The number of hydrogen-bond acceptors (Lipinski definition) is 4.